The number of benzene rings is 3. The van der Waals surface area contributed by atoms with Gasteiger partial charge in [0.05, 0.1) is 5.56 Å². The SMILES string of the molecule is Cc1[nH]c2ccccc2c1C(=O)C(=O)N1CCN(Cc2cccc3ccccc23)CC1. The summed E-state index contributed by atoms with van der Waals surface area (Å²) in [4.78, 5) is 33.3. The maximum Gasteiger partial charge on any atom is 0.295 e. The Labute approximate surface area is 181 Å². The van der Waals surface area contributed by atoms with E-state index >= 15 is 0 Å². The number of para-hydroxylation sites is 1. The number of nitrogens with zero attached hydrogens (tertiary/aromatic N) is 2. The van der Waals surface area contributed by atoms with E-state index < -0.39 is 11.7 Å². The Hall–Kier alpha value is -3.44. The number of ketones is 1. The predicted octanol–water partition coefficient (Wildman–Crippen LogP) is 4.16. The van der Waals surface area contributed by atoms with E-state index in [1.54, 1.807) is 4.90 Å². The van der Waals surface area contributed by atoms with Crippen LogP contribution >= 0.6 is 0 Å². The molecule has 5 nitrogen and oxygen atoms in total. The maximum atomic E-state index is 13.0. The molecule has 0 radical (unpaired) electrons. The van der Waals surface area contributed by atoms with Crippen molar-refractivity contribution in [2.75, 3.05) is 26.2 Å². The summed E-state index contributed by atoms with van der Waals surface area (Å²) in [5.41, 5.74) is 3.42. The van der Waals surface area contributed by atoms with Gasteiger partial charge in [-0.1, -0.05) is 60.7 Å². The highest BCUT2D eigenvalue weighted by Gasteiger charge is 2.29. The second-order valence-corrected chi connectivity index (χ2v) is 8.21. The van der Waals surface area contributed by atoms with Gasteiger partial charge in [-0.05, 0) is 29.3 Å². The third kappa shape index (κ3) is 3.62. The highest BCUT2D eigenvalue weighted by Crippen LogP contribution is 2.24. The minimum absolute atomic E-state index is 0.405. The van der Waals surface area contributed by atoms with Crippen molar-refractivity contribution in [2.45, 2.75) is 13.5 Å². The molecular formula is C26H25N3O2. The molecule has 0 spiro atoms. The maximum absolute atomic E-state index is 13.0. The number of amides is 1. The molecule has 5 rings (SSSR count). The first-order valence-electron chi connectivity index (χ1n) is 10.7. The van der Waals surface area contributed by atoms with Gasteiger partial charge in [-0.2, -0.15) is 0 Å². The first-order valence-corrected chi connectivity index (χ1v) is 10.7. The number of carbonyl (C=O) groups excluding carboxylic acids is 2. The van der Waals surface area contributed by atoms with Gasteiger partial charge in [0, 0.05) is 49.3 Å². The number of piperazine rings is 1. The summed E-state index contributed by atoms with van der Waals surface area (Å²) in [5, 5.41) is 3.33. The molecule has 5 heteroatoms. The molecule has 1 amide bonds. The van der Waals surface area contributed by atoms with Gasteiger partial charge in [0.15, 0.2) is 0 Å². The van der Waals surface area contributed by atoms with Crippen molar-refractivity contribution in [1.82, 2.24) is 14.8 Å². The van der Waals surface area contributed by atoms with Crippen molar-refractivity contribution in [3.63, 3.8) is 0 Å². The fraction of sp³-hybridized carbons (Fsp3) is 0.231. The fourth-order valence-electron chi connectivity index (χ4n) is 4.60. The molecule has 2 heterocycles. The van der Waals surface area contributed by atoms with Gasteiger partial charge in [-0.15, -0.1) is 0 Å². The monoisotopic (exact) mass is 411 g/mol. The molecule has 1 N–H and O–H groups in total. The van der Waals surface area contributed by atoms with Crippen LogP contribution < -0.4 is 0 Å². The molecule has 31 heavy (non-hydrogen) atoms. The van der Waals surface area contributed by atoms with Gasteiger partial charge in [-0.3, -0.25) is 14.5 Å². The fourth-order valence-corrected chi connectivity index (χ4v) is 4.60. The Bertz CT molecular complexity index is 1280. The minimum Gasteiger partial charge on any atom is -0.358 e. The Morgan fingerprint density at radius 1 is 0.839 bits per heavy atom. The highest BCUT2D eigenvalue weighted by molar-refractivity contribution is 6.45. The van der Waals surface area contributed by atoms with E-state index in [9.17, 15) is 9.59 Å². The number of nitrogens with one attached hydrogen (secondary N) is 1. The van der Waals surface area contributed by atoms with E-state index in [4.69, 9.17) is 0 Å². The average Bonchev–Trinajstić information content (AvgIpc) is 3.14. The van der Waals surface area contributed by atoms with Crippen LogP contribution in [-0.2, 0) is 11.3 Å². The lowest BCUT2D eigenvalue weighted by Crippen LogP contribution is -2.50. The van der Waals surface area contributed by atoms with Gasteiger partial charge in [0.25, 0.3) is 11.7 Å². The molecule has 0 unspecified atom stereocenters. The van der Waals surface area contributed by atoms with Crippen LogP contribution in [0.1, 0.15) is 21.6 Å². The lowest BCUT2D eigenvalue weighted by molar-refractivity contribution is -0.128. The van der Waals surface area contributed by atoms with Gasteiger partial charge < -0.3 is 9.88 Å². The standard InChI is InChI=1S/C26H25N3O2/c1-18-24(22-11-4-5-12-23(22)27-18)25(30)26(31)29-15-13-28(14-16-29)17-20-9-6-8-19-7-2-3-10-21(19)20/h2-12,27H,13-17H2,1H3. The molecule has 1 aliphatic rings. The summed E-state index contributed by atoms with van der Waals surface area (Å²) in [5.74, 6) is -0.824. The van der Waals surface area contributed by atoms with Gasteiger partial charge in [0.2, 0.25) is 0 Å². The Morgan fingerprint density at radius 2 is 1.52 bits per heavy atom. The molecule has 0 aliphatic carbocycles. The Kier molecular flexibility index (Phi) is 5.04. The lowest BCUT2D eigenvalue weighted by atomic mass is 10.0. The molecule has 1 aliphatic heterocycles. The molecule has 1 saturated heterocycles. The number of aryl methyl sites for hydroxylation is 1. The van der Waals surface area contributed by atoms with Crippen LogP contribution in [0.15, 0.2) is 66.7 Å². The zero-order chi connectivity index (χ0) is 21.4. The first kappa shape index (κ1) is 19.5. The molecular weight excluding hydrogens is 386 g/mol. The van der Waals surface area contributed by atoms with Crippen molar-refractivity contribution in [2.24, 2.45) is 0 Å². The molecule has 1 fully saturated rings. The zero-order valence-corrected chi connectivity index (χ0v) is 17.6. The average molecular weight is 412 g/mol. The summed E-state index contributed by atoms with van der Waals surface area (Å²) >= 11 is 0. The number of hydrogen-bond acceptors (Lipinski definition) is 3. The smallest absolute Gasteiger partial charge is 0.295 e. The topological polar surface area (TPSA) is 56.4 Å². The third-order valence-corrected chi connectivity index (χ3v) is 6.25. The molecule has 156 valence electrons. The van der Waals surface area contributed by atoms with E-state index in [0.29, 0.717) is 18.7 Å². The first-order chi connectivity index (χ1) is 15.1. The van der Waals surface area contributed by atoms with E-state index in [1.165, 1.54) is 16.3 Å². The van der Waals surface area contributed by atoms with E-state index in [0.717, 1.165) is 36.2 Å². The predicted molar refractivity (Wildman–Crippen MR) is 123 cm³/mol. The number of fused-ring (bicyclic) bond motifs is 2. The number of H-pyrrole nitrogens is 1. The second kappa shape index (κ2) is 8.00. The van der Waals surface area contributed by atoms with Crippen molar-refractivity contribution in [3.8, 4) is 0 Å². The van der Waals surface area contributed by atoms with Crippen LogP contribution in [0.4, 0.5) is 0 Å². The minimum atomic E-state index is -0.419. The Balaban J connectivity index is 1.27. The number of Topliss-reactive ketones (excluding diaryl/α,β-unsaturated/α-hetero) is 1. The lowest BCUT2D eigenvalue weighted by Gasteiger charge is -2.34. The summed E-state index contributed by atoms with van der Waals surface area (Å²) in [6.07, 6.45) is 0. The van der Waals surface area contributed by atoms with Gasteiger partial charge >= 0.3 is 0 Å². The van der Waals surface area contributed by atoms with Crippen molar-refractivity contribution >= 4 is 33.4 Å². The number of aromatic nitrogens is 1. The number of rotatable bonds is 4. The molecule has 0 saturated carbocycles. The van der Waals surface area contributed by atoms with Crippen LogP contribution in [0.3, 0.4) is 0 Å². The van der Waals surface area contributed by atoms with Crippen LogP contribution in [0, 0.1) is 6.92 Å². The zero-order valence-electron chi connectivity index (χ0n) is 17.6. The largest absolute Gasteiger partial charge is 0.358 e. The van der Waals surface area contributed by atoms with Gasteiger partial charge in [0.1, 0.15) is 0 Å². The number of hydrogen-bond donors (Lipinski definition) is 1. The van der Waals surface area contributed by atoms with Gasteiger partial charge in [-0.25, -0.2) is 0 Å². The molecule has 0 atom stereocenters. The van der Waals surface area contributed by atoms with Crippen LogP contribution in [-0.4, -0.2) is 52.7 Å². The molecule has 1 aromatic heterocycles. The quantitative estimate of drug-likeness (QED) is 0.405. The summed E-state index contributed by atoms with van der Waals surface area (Å²) in [7, 11) is 0. The van der Waals surface area contributed by atoms with Crippen LogP contribution in [0.2, 0.25) is 0 Å². The van der Waals surface area contributed by atoms with Crippen molar-refractivity contribution in [1.29, 1.82) is 0 Å². The van der Waals surface area contributed by atoms with E-state index in [1.807, 2.05) is 31.2 Å². The van der Waals surface area contributed by atoms with Crippen LogP contribution in [0.5, 0.6) is 0 Å². The third-order valence-electron chi connectivity index (χ3n) is 6.25. The number of carbonyl (C=O) groups is 2. The normalized spacial score (nSPS) is 14.9. The second-order valence-electron chi connectivity index (χ2n) is 8.21. The highest BCUT2D eigenvalue weighted by atomic mass is 16.2. The molecule has 0 bridgehead atoms. The van der Waals surface area contributed by atoms with Crippen molar-refractivity contribution in [3.05, 3.63) is 83.6 Å². The Morgan fingerprint density at radius 3 is 2.32 bits per heavy atom. The van der Waals surface area contributed by atoms with E-state index in [2.05, 4.69) is 52.3 Å². The van der Waals surface area contributed by atoms with Crippen LogP contribution in [0.25, 0.3) is 21.7 Å². The summed E-state index contributed by atoms with van der Waals surface area (Å²) < 4.78 is 0. The molecule has 3 aromatic carbocycles. The van der Waals surface area contributed by atoms with E-state index in [-0.39, 0.29) is 0 Å². The number of aromatic amines is 1. The summed E-state index contributed by atoms with van der Waals surface area (Å²) in [6.45, 7) is 5.35. The molecule has 4 aromatic rings. The summed E-state index contributed by atoms with van der Waals surface area (Å²) in [6, 6.07) is 22.4. The van der Waals surface area contributed by atoms with Crippen molar-refractivity contribution < 1.29 is 9.59 Å².